The van der Waals surface area contributed by atoms with Crippen LogP contribution < -0.4 is 11.5 Å². The van der Waals surface area contributed by atoms with E-state index in [1.54, 1.807) is 0 Å². The predicted octanol–water partition coefficient (Wildman–Crippen LogP) is 1.37. The zero-order valence-corrected chi connectivity index (χ0v) is 11.2. The van der Waals surface area contributed by atoms with Gasteiger partial charge in [0.25, 0.3) is 0 Å². The topological polar surface area (TPSA) is 134 Å². The SMILES string of the molecule is N#Cc1c(N)ccc2c1C(=O)c1ccc(N)c(C#N)c1C2=O. The fourth-order valence-corrected chi connectivity index (χ4v) is 2.60. The molecule has 0 aliphatic heterocycles. The van der Waals surface area contributed by atoms with Crippen LogP contribution >= 0.6 is 0 Å². The van der Waals surface area contributed by atoms with Gasteiger partial charge in [-0.1, -0.05) is 0 Å². The number of nitrogen functional groups attached to an aromatic ring is 2. The predicted molar refractivity (Wildman–Crippen MR) is 78.0 cm³/mol. The van der Waals surface area contributed by atoms with Crippen molar-refractivity contribution in [2.75, 3.05) is 11.5 Å². The Morgan fingerprint density at radius 1 is 0.727 bits per heavy atom. The number of anilines is 2. The number of hydrogen-bond acceptors (Lipinski definition) is 6. The Morgan fingerprint density at radius 2 is 1.09 bits per heavy atom. The van der Waals surface area contributed by atoms with E-state index in [0.717, 1.165) is 0 Å². The van der Waals surface area contributed by atoms with Gasteiger partial charge in [-0.15, -0.1) is 0 Å². The standard InChI is InChI=1S/C16H8N4O2/c17-5-9-11(19)3-1-7-13(9)16(22)8-2-4-12(20)10(6-18)14(8)15(7)21/h1-4H,19-20H2. The molecule has 0 saturated carbocycles. The number of hydrogen-bond donors (Lipinski definition) is 2. The van der Waals surface area contributed by atoms with Crippen LogP contribution in [0.4, 0.5) is 11.4 Å². The largest absolute Gasteiger partial charge is 0.398 e. The third-order valence-corrected chi connectivity index (χ3v) is 3.64. The van der Waals surface area contributed by atoms with Crippen LogP contribution in [0.15, 0.2) is 24.3 Å². The Kier molecular flexibility index (Phi) is 2.69. The van der Waals surface area contributed by atoms with Gasteiger partial charge >= 0.3 is 0 Å². The molecule has 0 fully saturated rings. The van der Waals surface area contributed by atoms with Crippen LogP contribution in [0.25, 0.3) is 0 Å². The molecule has 6 nitrogen and oxygen atoms in total. The third kappa shape index (κ3) is 1.52. The number of nitrogens with zero attached hydrogens (tertiary/aromatic N) is 2. The van der Waals surface area contributed by atoms with Gasteiger partial charge in [0.2, 0.25) is 0 Å². The summed E-state index contributed by atoms with van der Waals surface area (Å²) in [4.78, 5) is 25.3. The molecule has 6 heteroatoms. The van der Waals surface area contributed by atoms with E-state index in [1.807, 2.05) is 12.1 Å². The molecule has 0 unspecified atom stereocenters. The first-order valence-electron chi connectivity index (χ1n) is 6.25. The summed E-state index contributed by atoms with van der Waals surface area (Å²) < 4.78 is 0. The lowest BCUT2D eigenvalue weighted by atomic mass is 9.79. The number of carbonyl (C=O) groups excluding carboxylic acids is 2. The average Bonchev–Trinajstić information content (AvgIpc) is 2.51. The highest BCUT2D eigenvalue weighted by Gasteiger charge is 2.35. The molecule has 0 amide bonds. The molecule has 22 heavy (non-hydrogen) atoms. The van der Waals surface area contributed by atoms with Crippen LogP contribution in [-0.2, 0) is 0 Å². The quantitative estimate of drug-likeness (QED) is 0.600. The lowest BCUT2D eigenvalue weighted by Crippen LogP contribution is -2.24. The molecule has 0 bridgehead atoms. The van der Waals surface area contributed by atoms with Crippen molar-refractivity contribution in [1.82, 2.24) is 0 Å². The van der Waals surface area contributed by atoms with Crippen molar-refractivity contribution in [3.63, 3.8) is 0 Å². The van der Waals surface area contributed by atoms with Gasteiger partial charge in [-0.3, -0.25) is 9.59 Å². The van der Waals surface area contributed by atoms with Crippen molar-refractivity contribution >= 4 is 22.9 Å². The van der Waals surface area contributed by atoms with Crippen molar-refractivity contribution in [1.29, 1.82) is 10.5 Å². The highest BCUT2D eigenvalue weighted by molar-refractivity contribution is 6.30. The summed E-state index contributed by atoms with van der Waals surface area (Å²) in [6, 6.07) is 9.28. The van der Waals surface area contributed by atoms with Gasteiger partial charge in [0.1, 0.15) is 12.1 Å². The van der Waals surface area contributed by atoms with E-state index in [1.165, 1.54) is 24.3 Å². The van der Waals surface area contributed by atoms with Gasteiger partial charge in [-0.05, 0) is 24.3 Å². The van der Waals surface area contributed by atoms with Gasteiger partial charge in [0.05, 0.1) is 33.6 Å². The zero-order chi connectivity index (χ0) is 16.0. The number of nitriles is 2. The fraction of sp³-hybridized carbons (Fsp3) is 0. The van der Waals surface area contributed by atoms with Crippen molar-refractivity contribution in [2.45, 2.75) is 0 Å². The Morgan fingerprint density at radius 3 is 1.41 bits per heavy atom. The molecule has 0 heterocycles. The fourth-order valence-electron chi connectivity index (χ4n) is 2.60. The van der Waals surface area contributed by atoms with Crippen LogP contribution in [0.3, 0.4) is 0 Å². The van der Waals surface area contributed by atoms with E-state index < -0.39 is 11.6 Å². The molecule has 0 aromatic heterocycles. The van der Waals surface area contributed by atoms with Gasteiger partial charge < -0.3 is 11.5 Å². The molecule has 2 aromatic carbocycles. The smallest absolute Gasteiger partial charge is 0.195 e. The van der Waals surface area contributed by atoms with Crippen LogP contribution in [-0.4, -0.2) is 11.6 Å². The number of nitrogens with two attached hydrogens (primary N) is 2. The zero-order valence-electron chi connectivity index (χ0n) is 11.2. The maximum Gasteiger partial charge on any atom is 0.195 e. The lowest BCUT2D eigenvalue weighted by molar-refractivity contribution is 0.0979. The Bertz CT molecular complexity index is 882. The maximum absolute atomic E-state index is 12.7. The Hall–Kier alpha value is -3.64. The number of fused-ring (bicyclic) bond motifs is 2. The highest BCUT2D eigenvalue weighted by atomic mass is 16.1. The maximum atomic E-state index is 12.7. The Balaban J connectivity index is 2.44. The molecular formula is C16H8N4O2. The molecule has 4 N–H and O–H groups in total. The minimum Gasteiger partial charge on any atom is -0.398 e. The normalized spacial score (nSPS) is 12.1. The first kappa shape index (κ1) is 13.3. The second-order valence-corrected chi connectivity index (χ2v) is 4.79. The van der Waals surface area contributed by atoms with E-state index in [0.29, 0.717) is 0 Å². The summed E-state index contributed by atoms with van der Waals surface area (Å²) in [5, 5.41) is 18.4. The van der Waals surface area contributed by atoms with Crippen molar-refractivity contribution < 1.29 is 9.59 Å². The van der Waals surface area contributed by atoms with E-state index in [4.69, 9.17) is 11.5 Å². The monoisotopic (exact) mass is 288 g/mol. The molecular weight excluding hydrogens is 280 g/mol. The summed E-state index contributed by atoms with van der Waals surface area (Å²) in [5.74, 6) is -1.02. The van der Waals surface area contributed by atoms with Gasteiger partial charge in [0, 0.05) is 11.1 Å². The minimum atomic E-state index is -0.509. The van der Waals surface area contributed by atoms with Gasteiger partial charge in [0.15, 0.2) is 11.6 Å². The van der Waals surface area contributed by atoms with Crippen molar-refractivity contribution in [2.24, 2.45) is 0 Å². The third-order valence-electron chi connectivity index (χ3n) is 3.64. The summed E-state index contributed by atoms with van der Waals surface area (Å²) >= 11 is 0. The van der Waals surface area contributed by atoms with Crippen LogP contribution in [0, 0.1) is 22.7 Å². The number of rotatable bonds is 0. The molecule has 104 valence electrons. The molecule has 0 atom stereocenters. The molecule has 0 radical (unpaired) electrons. The number of carbonyl (C=O) groups is 2. The van der Waals surface area contributed by atoms with E-state index >= 15 is 0 Å². The molecule has 1 aliphatic rings. The van der Waals surface area contributed by atoms with E-state index in [-0.39, 0.29) is 44.8 Å². The first-order chi connectivity index (χ1) is 10.5. The Labute approximate surface area is 125 Å². The van der Waals surface area contributed by atoms with E-state index in [2.05, 4.69) is 0 Å². The first-order valence-corrected chi connectivity index (χ1v) is 6.25. The summed E-state index contributed by atoms with van der Waals surface area (Å²) in [5.41, 5.74) is 11.7. The van der Waals surface area contributed by atoms with E-state index in [9.17, 15) is 20.1 Å². The highest BCUT2D eigenvalue weighted by Crippen LogP contribution is 2.34. The molecule has 1 aliphatic carbocycles. The molecule has 2 aromatic rings. The average molecular weight is 288 g/mol. The summed E-state index contributed by atoms with van der Waals surface area (Å²) in [7, 11) is 0. The molecule has 0 saturated heterocycles. The second kappa shape index (κ2) is 4.44. The van der Waals surface area contributed by atoms with Crippen molar-refractivity contribution in [3.8, 4) is 12.1 Å². The molecule has 3 rings (SSSR count). The van der Waals surface area contributed by atoms with Gasteiger partial charge in [-0.2, -0.15) is 10.5 Å². The lowest BCUT2D eigenvalue weighted by Gasteiger charge is -2.20. The molecule has 0 spiro atoms. The summed E-state index contributed by atoms with van der Waals surface area (Å²) in [6.45, 7) is 0. The van der Waals surface area contributed by atoms with Crippen molar-refractivity contribution in [3.05, 3.63) is 57.6 Å². The summed E-state index contributed by atoms with van der Waals surface area (Å²) in [6.07, 6.45) is 0. The second-order valence-electron chi connectivity index (χ2n) is 4.79. The minimum absolute atomic E-state index is 0.0198. The number of benzene rings is 2. The van der Waals surface area contributed by atoms with Crippen LogP contribution in [0.5, 0.6) is 0 Å². The van der Waals surface area contributed by atoms with Crippen LogP contribution in [0.1, 0.15) is 43.0 Å². The number of ketones is 2. The van der Waals surface area contributed by atoms with Crippen LogP contribution in [0.2, 0.25) is 0 Å². The van der Waals surface area contributed by atoms with Gasteiger partial charge in [-0.25, -0.2) is 0 Å².